The van der Waals surface area contributed by atoms with Gasteiger partial charge in [-0.15, -0.1) is 0 Å². The van der Waals surface area contributed by atoms with Gasteiger partial charge in [-0.3, -0.25) is 4.79 Å². The molecule has 1 heterocycles. The van der Waals surface area contributed by atoms with Crippen LogP contribution in [0.25, 0.3) is 0 Å². The molecule has 0 spiro atoms. The summed E-state index contributed by atoms with van der Waals surface area (Å²) in [6, 6.07) is 20.9. The lowest BCUT2D eigenvalue weighted by Crippen LogP contribution is -2.48. The molecule has 7 heteroatoms. The van der Waals surface area contributed by atoms with Gasteiger partial charge in [0.25, 0.3) is 5.91 Å². The molecule has 7 nitrogen and oxygen atoms in total. The average molecular weight is 463 g/mol. The van der Waals surface area contributed by atoms with E-state index >= 15 is 0 Å². The van der Waals surface area contributed by atoms with Crippen molar-refractivity contribution in [1.82, 2.24) is 4.90 Å². The third-order valence-electron chi connectivity index (χ3n) is 5.97. The normalized spacial score (nSPS) is 13.4. The highest BCUT2D eigenvalue weighted by Crippen LogP contribution is 2.30. The molecule has 34 heavy (non-hydrogen) atoms. The van der Waals surface area contributed by atoms with Crippen molar-refractivity contribution in [2.45, 2.75) is 6.61 Å². The molecule has 0 N–H and O–H groups in total. The molecule has 0 aromatic heterocycles. The van der Waals surface area contributed by atoms with Crippen LogP contribution in [0, 0.1) is 0 Å². The third-order valence-corrected chi connectivity index (χ3v) is 5.97. The summed E-state index contributed by atoms with van der Waals surface area (Å²) in [6.07, 6.45) is 0. The number of anilines is 1. The Kier molecular flexibility index (Phi) is 7.42. The fourth-order valence-electron chi connectivity index (χ4n) is 4.14. The molecule has 1 saturated heterocycles. The number of nitrogens with zero attached hydrogens (tertiary/aromatic N) is 2. The van der Waals surface area contributed by atoms with E-state index in [9.17, 15) is 4.79 Å². The van der Waals surface area contributed by atoms with Gasteiger partial charge in [-0.25, -0.2) is 0 Å². The van der Waals surface area contributed by atoms with Gasteiger partial charge < -0.3 is 28.7 Å². The Hall–Kier alpha value is -3.87. The van der Waals surface area contributed by atoms with Gasteiger partial charge in [0.1, 0.15) is 18.1 Å². The van der Waals surface area contributed by atoms with Crippen molar-refractivity contribution < 1.29 is 23.7 Å². The molecule has 3 aromatic rings. The van der Waals surface area contributed by atoms with Crippen LogP contribution in [-0.2, 0) is 6.61 Å². The van der Waals surface area contributed by atoms with E-state index in [2.05, 4.69) is 4.90 Å². The summed E-state index contributed by atoms with van der Waals surface area (Å²) in [5.41, 5.74) is 2.47. The van der Waals surface area contributed by atoms with Crippen molar-refractivity contribution in [3.05, 3.63) is 77.9 Å². The first-order valence-corrected chi connectivity index (χ1v) is 11.2. The van der Waals surface area contributed by atoms with Crippen molar-refractivity contribution in [2.24, 2.45) is 0 Å². The predicted octanol–water partition coefficient (Wildman–Crippen LogP) is 4.25. The van der Waals surface area contributed by atoms with E-state index in [4.69, 9.17) is 18.9 Å². The van der Waals surface area contributed by atoms with Crippen molar-refractivity contribution >= 4 is 11.6 Å². The smallest absolute Gasteiger partial charge is 0.253 e. The molecule has 4 rings (SSSR count). The predicted molar refractivity (Wildman–Crippen MR) is 131 cm³/mol. The number of piperazine rings is 1. The van der Waals surface area contributed by atoms with Crippen LogP contribution < -0.4 is 23.8 Å². The first kappa shape index (κ1) is 23.3. The Morgan fingerprint density at radius 1 is 0.735 bits per heavy atom. The number of hydrogen-bond donors (Lipinski definition) is 0. The van der Waals surface area contributed by atoms with Gasteiger partial charge in [0.15, 0.2) is 11.5 Å². The highest BCUT2D eigenvalue weighted by Gasteiger charge is 2.24. The van der Waals surface area contributed by atoms with Crippen LogP contribution in [0.2, 0.25) is 0 Å². The SMILES string of the molecule is COc1ccc(C(=O)N2CCN(c3ccccc3OC)CC2)cc1COc1ccccc1OC. The fourth-order valence-corrected chi connectivity index (χ4v) is 4.14. The fraction of sp³-hybridized carbons (Fsp3) is 0.296. The van der Waals surface area contributed by atoms with E-state index in [0.717, 1.165) is 30.1 Å². The molecule has 1 amide bonds. The molecule has 0 unspecified atom stereocenters. The van der Waals surface area contributed by atoms with Crippen LogP contribution in [0.5, 0.6) is 23.0 Å². The second kappa shape index (κ2) is 10.8. The molecule has 0 saturated carbocycles. The van der Waals surface area contributed by atoms with Gasteiger partial charge in [-0.1, -0.05) is 24.3 Å². The average Bonchev–Trinajstić information content (AvgIpc) is 2.91. The van der Waals surface area contributed by atoms with Crippen molar-refractivity contribution in [2.75, 3.05) is 52.4 Å². The summed E-state index contributed by atoms with van der Waals surface area (Å²) in [4.78, 5) is 17.4. The Bertz CT molecular complexity index is 1130. The highest BCUT2D eigenvalue weighted by molar-refractivity contribution is 5.94. The topological polar surface area (TPSA) is 60.5 Å². The molecule has 178 valence electrons. The molecular formula is C27H30N2O5. The minimum Gasteiger partial charge on any atom is -0.496 e. The van der Waals surface area contributed by atoms with Crippen LogP contribution in [0.15, 0.2) is 66.7 Å². The Morgan fingerprint density at radius 3 is 2.03 bits per heavy atom. The van der Waals surface area contributed by atoms with Crippen molar-refractivity contribution in [3.63, 3.8) is 0 Å². The minimum atomic E-state index is 0.000807. The first-order chi connectivity index (χ1) is 16.6. The maximum absolute atomic E-state index is 13.3. The van der Waals surface area contributed by atoms with Gasteiger partial charge >= 0.3 is 0 Å². The minimum absolute atomic E-state index is 0.000807. The quantitative estimate of drug-likeness (QED) is 0.499. The number of methoxy groups -OCH3 is 3. The summed E-state index contributed by atoms with van der Waals surface area (Å²) in [5, 5.41) is 0. The lowest BCUT2D eigenvalue weighted by Gasteiger charge is -2.36. The number of para-hydroxylation sites is 4. The molecule has 1 fully saturated rings. The lowest BCUT2D eigenvalue weighted by molar-refractivity contribution is 0.0746. The zero-order valence-electron chi connectivity index (χ0n) is 19.8. The summed E-state index contributed by atoms with van der Waals surface area (Å²) in [5.74, 6) is 2.81. The monoisotopic (exact) mass is 462 g/mol. The van der Waals surface area contributed by atoms with Gasteiger partial charge in [0.05, 0.1) is 27.0 Å². The van der Waals surface area contributed by atoms with E-state index in [1.165, 1.54) is 0 Å². The molecule has 1 aliphatic rings. The molecule has 0 radical (unpaired) electrons. The molecule has 0 aliphatic carbocycles. The Labute approximate surface area is 200 Å². The molecule has 0 atom stereocenters. The number of amides is 1. The number of carbonyl (C=O) groups excluding carboxylic acids is 1. The highest BCUT2D eigenvalue weighted by atomic mass is 16.5. The zero-order chi connectivity index (χ0) is 23.9. The van der Waals surface area contributed by atoms with Gasteiger partial charge in [0, 0.05) is 37.3 Å². The number of ether oxygens (including phenoxy) is 4. The summed E-state index contributed by atoms with van der Waals surface area (Å²) in [7, 11) is 4.90. The van der Waals surface area contributed by atoms with Gasteiger partial charge in [0.2, 0.25) is 0 Å². The van der Waals surface area contributed by atoms with E-state index in [1.54, 1.807) is 27.4 Å². The van der Waals surface area contributed by atoms with Crippen molar-refractivity contribution in [1.29, 1.82) is 0 Å². The number of hydrogen-bond acceptors (Lipinski definition) is 6. The number of carbonyl (C=O) groups is 1. The number of benzene rings is 3. The zero-order valence-corrected chi connectivity index (χ0v) is 19.8. The Morgan fingerprint density at radius 2 is 1.35 bits per heavy atom. The Balaban J connectivity index is 1.44. The van der Waals surface area contributed by atoms with E-state index in [1.807, 2.05) is 65.6 Å². The van der Waals surface area contributed by atoms with Crippen LogP contribution in [0.1, 0.15) is 15.9 Å². The maximum atomic E-state index is 13.3. The third kappa shape index (κ3) is 5.03. The van der Waals surface area contributed by atoms with Crippen LogP contribution >= 0.6 is 0 Å². The second-order valence-corrected chi connectivity index (χ2v) is 7.92. The number of rotatable bonds is 8. The van der Waals surface area contributed by atoms with Gasteiger partial charge in [-0.2, -0.15) is 0 Å². The summed E-state index contributed by atoms with van der Waals surface area (Å²) in [6.45, 7) is 3.01. The van der Waals surface area contributed by atoms with E-state index < -0.39 is 0 Å². The second-order valence-electron chi connectivity index (χ2n) is 7.92. The van der Waals surface area contributed by atoms with Crippen LogP contribution in [0.4, 0.5) is 5.69 Å². The molecular weight excluding hydrogens is 432 g/mol. The summed E-state index contributed by atoms with van der Waals surface area (Å²) < 4.78 is 22.3. The van der Waals surface area contributed by atoms with Crippen molar-refractivity contribution in [3.8, 4) is 23.0 Å². The van der Waals surface area contributed by atoms with E-state index in [0.29, 0.717) is 35.9 Å². The van der Waals surface area contributed by atoms with Crippen LogP contribution in [-0.4, -0.2) is 58.3 Å². The van der Waals surface area contributed by atoms with Gasteiger partial charge in [-0.05, 0) is 42.5 Å². The van der Waals surface area contributed by atoms with Crippen LogP contribution in [0.3, 0.4) is 0 Å². The van der Waals surface area contributed by atoms with E-state index in [-0.39, 0.29) is 12.5 Å². The largest absolute Gasteiger partial charge is 0.496 e. The molecule has 3 aromatic carbocycles. The molecule has 1 aliphatic heterocycles. The molecule has 0 bridgehead atoms. The lowest BCUT2D eigenvalue weighted by atomic mass is 10.1. The standard InChI is InChI=1S/C27H30N2O5/c1-31-23-13-12-20(18-21(23)19-34-26-11-7-6-10-25(26)33-3)27(30)29-16-14-28(15-17-29)22-8-4-5-9-24(22)32-2/h4-13,18H,14-17,19H2,1-3H3. The summed E-state index contributed by atoms with van der Waals surface area (Å²) >= 11 is 0. The maximum Gasteiger partial charge on any atom is 0.253 e. The first-order valence-electron chi connectivity index (χ1n) is 11.2.